The molecular formula is C25H37NO5. The lowest BCUT2D eigenvalue weighted by molar-refractivity contribution is -0.186. The highest BCUT2D eigenvalue weighted by Gasteiger charge is 2.40. The largest absolute Gasteiger partial charge is 0.461 e. The molecule has 1 aromatic rings. The number of hydrogen-bond acceptors (Lipinski definition) is 5. The zero-order valence-electron chi connectivity index (χ0n) is 18.9. The Labute approximate surface area is 186 Å². The fourth-order valence-corrected chi connectivity index (χ4v) is 4.01. The highest BCUT2D eigenvalue weighted by molar-refractivity contribution is 5.79. The molecule has 6 heteroatoms. The van der Waals surface area contributed by atoms with Gasteiger partial charge in [-0.05, 0) is 44.6 Å². The number of cyclic esters (lactones) is 1. The van der Waals surface area contributed by atoms with Crippen LogP contribution in [0.25, 0.3) is 0 Å². The Morgan fingerprint density at radius 1 is 1.13 bits per heavy atom. The third-order valence-electron chi connectivity index (χ3n) is 5.89. The molecule has 4 atom stereocenters. The highest BCUT2D eigenvalue weighted by Crippen LogP contribution is 2.31. The summed E-state index contributed by atoms with van der Waals surface area (Å²) < 4.78 is 10.9. The molecule has 1 fully saturated rings. The van der Waals surface area contributed by atoms with E-state index in [0.29, 0.717) is 12.8 Å². The van der Waals surface area contributed by atoms with E-state index in [4.69, 9.17) is 9.47 Å². The normalized spacial score (nSPS) is 19.6. The first-order valence-electron chi connectivity index (χ1n) is 11.7. The van der Waals surface area contributed by atoms with E-state index < -0.39 is 12.0 Å². The van der Waals surface area contributed by atoms with Crippen LogP contribution in [0.2, 0.25) is 0 Å². The van der Waals surface area contributed by atoms with Gasteiger partial charge in [0.25, 0.3) is 0 Å². The Bertz CT molecular complexity index is 678. The van der Waals surface area contributed by atoms with E-state index in [1.807, 2.05) is 37.3 Å². The lowest BCUT2D eigenvalue weighted by atomic mass is 9.87. The predicted octanol–water partition coefficient (Wildman–Crippen LogP) is 4.35. The fraction of sp³-hybridized carbons (Fsp3) is 0.640. The predicted molar refractivity (Wildman–Crippen MR) is 119 cm³/mol. The Morgan fingerprint density at radius 2 is 1.87 bits per heavy atom. The van der Waals surface area contributed by atoms with Crippen molar-refractivity contribution >= 4 is 18.3 Å². The van der Waals surface area contributed by atoms with Crippen molar-refractivity contribution in [3.63, 3.8) is 0 Å². The van der Waals surface area contributed by atoms with Crippen LogP contribution in [0, 0.1) is 5.92 Å². The molecule has 31 heavy (non-hydrogen) atoms. The summed E-state index contributed by atoms with van der Waals surface area (Å²) in [5.41, 5.74) is 0.964. The maximum Gasteiger partial charge on any atom is 0.329 e. The molecule has 0 radical (unpaired) electrons. The number of hydrogen-bond donors (Lipinski definition) is 1. The second-order valence-corrected chi connectivity index (χ2v) is 8.49. The number of nitrogens with one attached hydrogen (secondary N) is 1. The number of amides is 1. The summed E-state index contributed by atoms with van der Waals surface area (Å²) in [6.45, 7) is 4.05. The van der Waals surface area contributed by atoms with E-state index in [1.165, 1.54) is 19.3 Å². The molecule has 0 bridgehead atoms. The van der Waals surface area contributed by atoms with Crippen molar-refractivity contribution in [2.45, 2.75) is 96.3 Å². The molecule has 0 aromatic heterocycles. The minimum atomic E-state index is -0.690. The van der Waals surface area contributed by atoms with Crippen LogP contribution < -0.4 is 5.32 Å². The van der Waals surface area contributed by atoms with E-state index in [1.54, 1.807) is 0 Å². The van der Waals surface area contributed by atoms with Gasteiger partial charge in [0.1, 0.15) is 12.1 Å². The summed E-state index contributed by atoms with van der Waals surface area (Å²) in [6, 6.07) is 8.85. The van der Waals surface area contributed by atoms with Crippen LogP contribution >= 0.6 is 0 Å². The molecule has 1 aliphatic heterocycles. The number of benzene rings is 1. The standard InChI is InChI=1S/C25H37NO5/c1-3-4-5-9-15-21-23(31-24(21)28)16-11-10-12-19(2)30-25(29)22(26-18-27)17-20-13-7-6-8-14-20/h6-8,13-14,18-19,21-23H,3-5,9-12,15-17H2,1-2H3,(H,26,27)/t19-,21-,22-,23-/m0/s1. The van der Waals surface area contributed by atoms with E-state index in [2.05, 4.69) is 12.2 Å². The van der Waals surface area contributed by atoms with E-state index in [0.717, 1.165) is 44.1 Å². The van der Waals surface area contributed by atoms with Gasteiger partial charge in [-0.15, -0.1) is 0 Å². The van der Waals surface area contributed by atoms with Crippen LogP contribution in [-0.4, -0.2) is 36.6 Å². The molecule has 1 saturated heterocycles. The molecule has 0 aliphatic carbocycles. The van der Waals surface area contributed by atoms with Gasteiger partial charge in [0.05, 0.1) is 12.0 Å². The average Bonchev–Trinajstić information content (AvgIpc) is 2.76. The number of carbonyl (C=O) groups is 3. The van der Waals surface area contributed by atoms with Crippen molar-refractivity contribution < 1.29 is 23.9 Å². The first kappa shape index (κ1) is 24.9. The van der Waals surface area contributed by atoms with Gasteiger partial charge in [-0.25, -0.2) is 4.79 Å². The van der Waals surface area contributed by atoms with Crippen molar-refractivity contribution in [1.29, 1.82) is 0 Å². The van der Waals surface area contributed by atoms with Crippen molar-refractivity contribution in [2.75, 3.05) is 0 Å². The molecule has 1 amide bonds. The van der Waals surface area contributed by atoms with Gasteiger partial charge in [0.2, 0.25) is 6.41 Å². The van der Waals surface area contributed by atoms with Gasteiger partial charge in [-0.3, -0.25) is 9.59 Å². The van der Waals surface area contributed by atoms with Gasteiger partial charge in [-0.1, -0.05) is 62.9 Å². The van der Waals surface area contributed by atoms with Crippen molar-refractivity contribution in [3.05, 3.63) is 35.9 Å². The second kappa shape index (κ2) is 13.8. The van der Waals surface area contributed by atoms with Crippen molar-refractivity contribution in [3.8, 4) is 0 Å². The molecule has 1 aliphatic rings. The van der Waals surface area contributed by atoms with Crippen LogP contribution in [0.15, 0.2) is 30.3 Å². The van der Waals surface area contributed by atoms with Gasteiger partial charge < -0.3 is 14.8 Å². The lowest BCUT2D eigenvalue weighted by Gasteiger charge is -2.35. The Hall–Kier alpha value is -2.37. The molecule has 6 nitrogen and oxygen atoms in total. The Kier molecular flexibility index (Phi) is 11.1. The molecular weight excluding hydrogens is 394 g/mol. The lowest BCUT2D eigenvalue weighted by Crippen LogP contribution is -2.44. The third-order valence-corrected chi connectivity index (χ3v) is 5.89. The maximum absolute atomic E-state index is 12.5. The Morgan fingerprint density at radius 3 is 2.55 bits per heavy atom. The SMILES string of the molecule is CCCCCC[C@@H]1C(=O)O[C@H]1CCCC[C@H](C)OC(=O)[C@H](Cc1ccccc1)NC=O. The smallest absolute Gasteiger partial charge is 0.329 e. The number of esters is 2. The van der Waals surface area contributed by atoms with Gasteiger partial charge in [0.15, 0.2) is 0 Å². The van der Waals surface area contributed by atoms with Crippen LogP contribution in [0.3, 0.4) is 0 Å². The molecule has 0 saturated carbocycles. The van der Waals surface area contributed by atoms with Gasteiger partial charge in [0, 0.05) is 6.42 Å². The molecule has 1 aromatic carbocycles. The van der Waals surface area contributed by atoms with Crippen LogP contribution in [0.1, 0.15) is 77.2 Å². The quantitative estimate of drug-likeness (QED) is 0.239. The first-order chi connectivity index (χ1) is 15.0. The summed E-state index contributed by atoms with van der Waals surface area (Å²) in [5, 5.41) is 2.56. The summed E-state index contributed by atoms with van der Waals surface area (Å²) in [6.07, 6.45) is 9.83. The van der Waals surface area contributed by atoms with Crippen molar-refractivity contribution in [2.24, 2.45) is 5.92 Å². The zero-order chi connectivity index (χ0) is 22.5. The van der Waals surface area contributed by atoms with Crippen LogP contribution in [-0.2, 0) is 30.3 Å². The van der Waals surface area contributed by atoms with Gasteiger partial charge in [-0.2, -0.15) is 0 Å². The number of ether oxygens (including phenoxy) is 2. The summed E-state index contributed by atoms with van der Waals surface area (Å²) in [4.78, 5) is 35.1. The number of unbranched alkanes of at least 4 members (excludes halogenated alkanes) is 4. The average molecular weight is 432 g/mol. The minimum absolute atomic E-state index is 0.0454. The molecule has 172 valence electrons. The third kappa shape index (κ3) is 8.72. The van der Waals surface area contributed by atoms with Crippen LogP contribution in [0.5, 0.6) is 0 Å². The topological polar surface area (TPSA) is 81.7 Å². The summed E-state index contributed by atoms with van der Waals surface area (Å²) >= 11 is 0. The Balaban J connectivity index is 1.65. The summed E-state index contributed by atoms with van der Waals surface area (Å²) in [7, 11) is 0. The highest BCUT2D eigenvalue weighted by atomic mass is 16.6. The molecule has 1 heterocycles. The van der Waals surface area contributed by atoms with E-state index in [9.17, 15) is 14.4 Å². The summed E-state index contributed by atoms with van der Waals surface area (Å²) in [5.74, 6) is -0.389. The number of rotatable bonds is 16. The maximum atomic E-state index is 12.5. The first-order valence-corrected chi connectivity index (χ1v) is 11.7. The monoisotopic (exact) mass is 431 g/mol. The zero-order valence-corrected chi connectivity index (χ0v) is 18.9. The van der Waals surface area contributed by atoms with Gasteiger partial charge >= 0.3 is 11.9 Å². The van der Waals surface area contributed by atoms with E-state index in [-0.39, 0.29) is 24.1 Å². The molecule has 0 unspecified atom stereocenters. The second-order valence-electron chi connectivity index (χ2n) is 8.49. The van der Waals surface area contributed by atoms with E-state index >= 15 is 0 Å². The fourth-order valence-electron chi connectivity index (χ4n) is 4.01. The molecule has 0 spiro atoms. The number of carbonyl (C=O) groups excluding carboxylic acids is 3. The minimum Gasteiger partial charge on any atom is -0.461 e. The van der Waals surface area contributed by atoms with Crippen LogP contribution in [0.4, 0.5) is 0 Å². The van der Waals surface area contributed by atoms with Crippen molar-refractivity contribution in [1.82, 2.24) is 5.32 Å². The molecule has 2 rings (SSSR count). The molecule has 1 N–H and O–H groups in total.